The molecule has 0 saturated heterocycles. The Bertz CT molecular complexity index is 1310. The van der Waals surface area contributed by atoms with Gasteiger partial charge in [0.1, 0.15) is 6.61 Å². The van der Waals surface area contributed by atoms with E-state index in [0.29, 0.717) is 29.1 Å². The fraction of sp³-hybridized carbons (Fsp3) is 0.273. The van der Waals surface area contributed by atoms with Crippen molar-refractivity contribution >= 4 is 23.1 Å². The first-order valence-corrected chi connectivity index (χ1v) is 9.78. The van der Waals surface area contributed by atoms with E-state index < -0.39 is 11.6 Å². The molecule has 152 valence electrons. The van der Waals surface area contributed by atoms with Crippen LogP contribution in [0.4, 0.5) is 0 Å². The predicted octanol–water partition coefficient (Wildman–Crippen LogP) is 1.63. The molecular weight excluding hydrogens is 384 g/mol. The van der Waals surface area contributed by atoms with Crippen LogP contribution in [0.15, 0.2) is 40.2 Å². The molecule has 0 saturated carbocycles. The predicted molar refractivity (Wildman–Crippen MR) is 111 cm³/mol. The summed E-state index contributed by atoms with van der Waals surface area (Å²) in [5, 5.41) is 16.1. The summed E-state index contributed by atoms with van der Waals surface area (Å²) in [7, 11) is 1.72. The number of esters is 1. The maximum absolute atomic E-state index is 13.3. The molecule has 0 amide bonds. The molecule has 1 aromatic carbocycles. The van der Waals surface area contributed by atoms with Crippen molar-refractivity contribution in [2.75, 3.05) is 7.05 Å². The quantitative estimate of drug-likeness (QED) is 0.305. The highest BCUT2D eigenvalue weighted by Crippen LogP contribution is 2.39. The van der Waals surface area contributed by atoms with Crippen molar-refractivity contribution in [3.05, 3.63) is 62.9 Å². The number of nitrogens with zero attached hydrogens (tertiary/aromatic N) is 3. The van der Waals surface area contributed by atoms with E-state index in [1.807, 2.05) is 24.3 Å². The molecule has 0 aliphatic carbocycles. The number of rotatable bonds is 3. The minimum absolute atomic E-state index is 0.111. The largest absolute Gasteiger partial charge is 0.458 e. The second-order valence-corrected chi connectivity index (χ2v) is 7.45. The summed E-state index contributed by atoms with van der Waals surface area (Å²) in [6.45, 7) is 1.88. The monoisotopic (exact) mass is 404 g/mol. The molecule has 2 N–H and O–H groups in total. The van der Waals surface area contributed by atoms with E-state index in [1.54, 1.807) is 30.8 Å². The second-order valence-electron chi connectivity index (χ2n) is 7.45. The van der Waals surface area contributed by atoms with Gasteiger partial charge in [-0.25, -0.2) is 9.78 Å². The number of para-hydroxylation sites is 1. The minimum atomic E-state index is -1.83. The Morgan fingerprint density at radius 2 is 2.13 bits per heavy atom. The van der Waals surface area contributed by atoms with E-state index in [2.05, 4.69) is 10.5 Å². The average molecular weight is 404 g/mol. The van der Waals surface area contributed by atoms with Gasteiger partial charge in [-0.05, 0) is 18.6 Å². The van der Waals surface area contributed by atoms with Crippen LogP contribution in [0.2, 0.25) is 0 Å². The van der Waals surface area contributed by atoms with Crippen LogP contribution < -0.4 is 11.0 Å². The van der Waals surface area contributed by atoms with Crippen molar-refractivity contribution in [2.24, 2.45) is 5.10 Å². The number of aliphatic hydroxyl groups is 1. The van der Waals surface area contributed by atoms with E-state index in [1.165, 1.54) is 0 Å². The number of hydrazone groups is 1. The first-order chi connectivity index (χ1) is 14.5. The van der Waals surface area contributed by atoms with Gasteiger partial charge in [-0.1, -0.05) is 25.1 Å². The van der Waals surface area contributed by atoms with Gasteiger partial charge in [-0.2, -0.15) is 5.10 Å². The van der Waals surface area contributed by atoms with Crippen LogP contribution in [0.1, 0.15) is 35.6 Å². The lowest BCUT2D eigenvalue weighted by Crippen LogP contribution is -2.44. The summed E-state index contributed by atoms with van der Waals surface area (Å²) >= 11 is 0. The number of aromatic nitrogens is 2. The molecule has 0 spiro atoms. The maximum Gasteiger partial charge on any atom is 0.343 e. The van der Waals surface area contributed by atoms with Crippen LogP contribution in [0, 0.1) is 0 Å². The molecule has 2 aliphatic rings. The molecule has 3 aromatic rings. The molecule has 2 aliphatic heterocycles. The zero-order valence-corrected chi connectivity index (χ0v) is 16.6. The molecule has 8 nitrogen and oxygen atoms in total. The van der Waals surface area contributed by atoms with Gasteiger partial charge in [0.25, 0.3) is 5.56 Å². The number of hydrogen-bond donors (Lipinski definition) is 2. The number of hydrogen-bond acceptors (Lipinski definition) is 7. The Morgan fingerprint density at radius 3 is 2.90 bits per heavy atom. The highest BCUT2D eigenvalue weighted by atomic mass is 16.6. The van der Waals surface area contributed by atoms with E-state index in [0.717, 1.165) is 22.0 Å². The van der Waals surface area contributed by atoms with Crippen LogP contribution in [0.25, 0.3) is 22.3 Å². The molecule has 8 heteroatoms. The molecule has 30 heavy (non-hydrogen) atoms. The molecule has 0 unspecified atom stereocenters. The van der Waals surface area contributed by atoms with E-state index >= 15 is 0 Å². The summed E-state index contributed by atoms with van der Waals surface area (Å²) in [5.74, 6) is -0.728. The summed E-state index contributed by atoms with van der Waals surface area (Å²) in [5.41, 5.74) is 5.04. The second kappa shape index (κ2) is 6.50. The van der Waals surface area contributed by atoms with Gasteiger partial charge in [0.15, 0.2) is 5.60 Å². The van der Waals surface area contributed by atoms with E-state index in [9.17, 15) is 14.7 Å². The molecule has 2 aromatic heterocycles. The number of nitrogens with one attached hydrogen (secondary N) is 1. The molecule has 1 atom stereocenters. The van der Waals surface area contributed by atoms with Gasteiger partial charge in [0, 0.05) is 29.1 Å². The first-order valence-electron chi connectivity index (χ1n) is 9.78. The third-order valence-electron chi connectivity index (χ3n) is 5.96. The third kappa shape index (κ3) is 2.37. The lowest BCUT2D eigenvalue weighted by Gasteiger charge is -2.31. The van der Waals surface area contributed by atoms with Crippen LogP contribution >= 0.6 is 0 Å². The summed E-state index contributed by atoms with van der Waals surface area (Å²) < 4.78 is 6.75. The van der Waals surface area contributed by atoms with Crippen molar-refractivity contribution in [1.82, 2.24) is 15.0 Å². The molecule has 5 rings (SSSR count). The fourth-order valence-corrected chi connectivity index (χ4v) is 4.34. The van der Waals surface area contributed by atoms with Gasteiger partial charge < -0.3 is 19.8 Å². The summed E-state index contributed by atoms with van der Waals surface area (Å²) in [4.78, 5) is 30.4. The van der Waals surface area contributed by atoms with Crippen molar-refractivity contribution in [3.8, 4) is 11.4 Å². The van der Waals surface area contributed by atoms with Gasteiger partial charge in [-0.3, -0.25) is 4.79 Å². The highest BCUT2D eigenvalue weighted by Gasteiger charge is 2.45. The molecular formula is C22H20N4O4. The highest BCUT2D eigenvalue weighted by molar-refractivity contribution is 6.02. The normalized spacial score (nSPS) is 19.5. The number of benzene rings is 1. The standard InChI is InChI=1S/C22H20N4O4/c1-3-22(29)16-8-18-19-14(10-26(18)20(27)15(16)11-30-21(22)28)13(9-24-23-2)12-6-4-5-7-17(12)25-19/h4-9,23,29H,3,10-11H2,1-2H3/t22-/m0/s1. The molecule has 0 fully saturated rings. The van der Waals surface area contributed by atoms with Crippen LogP contribution in [0.3, 0.4) is 0 Å². The van der Waals surface area contributed by atoms with Crippen molar-refractivity contribution in [1.29, 1.82) is 0 Å². The smallest absolute Gasteiger partial charge is 0.343 e. The Labute approximate surface area is 171 Å². The number of fused-ring (bicyclic) bond motifs is 5. The van der Waals surface area contributed by atoms with Gasteiger partial charge >= 0.3 is 5.97 Å². The lowest BCUT2D eigenvalue weighted by molar-refractivity contribution is -0.172. The topological polar surface area (TPSA) is 106 Å². The molecule has 4 heterocycles. The lowest BCUT2D eigenvalue weighted by atomic mass is 9.86. The average Bonchev–Trinajstić information content (AvgIpc) is 3.13. The van der Waals surface area contributed by atoms with Gasteiger partial charge in [0.2, 0.25) is 0 Å². The minimum Gasteiger partial charge on any atom is -0.458 e. The zero-order chi connectivity index (χ0) is 21.0. The van der Waals surface area contributed by atoms with Gasteiger partial charge in [0.05, 0.1) is 35.2 Å². The number of ether oxygens (including phenoxy) is 1. The van der Waals surface area contributed by atoms with Crippen LogP contribution in [-0.2, 0) is 28.3 Å². The number of carbonyl (C=O) groups excluding carboxylic acids is 1. The number of cyclic esters (lactones) is 1. The maximum atomic E-state index is 13.3. The van der Waals surface area contributed by atoms with E-state index in [4.69, 9.17) is 9.72 Å². The van der Waals surface area contributed by atoms with Gasteiger partial charge in [-0.15, -0.1) is 0 Å². The summed E-state index contributed by atoms with van der Waals surface area (Å²) in [6, 6.07) is 9.43. The summed E-state index contributed by atoms with van der Waals surface area (Å²) in [6.07, 6.45) is 1.84. The van der Waals surface area contributed by atoms with Crippen LogP contribution in [-0.4, -0.2) is 33.9 Å². The SMILES string of the molecule is CC[C@@]1(O)C(=O)OCc2c1cc1n(c2=O)Cc2c-1nc1ccccc1c2C=NNC. The van der Waals surface area contributed by atoms with Crippen LogP contribution in [0.5, 0.6) is 0 Å². The fourth-order valence-electron chi connectivity index (χ4n) is 4.34. The Kier molecular flexibility index (Phi) is 4.01. The number of pyridine rings is 2. The molecule has 0 radical (unpaired) electrons. The Balaban J connectivity index is 1.83. The van der Waals surface area contributed by atoms with Crippen molar-refractivity contribution < 1.29 is 14.6 Å². The Hall–Kier alpha value is -3.52. The molecule has 0 bridgehead atoms. The first kappa shape index (κ1) is 18.5. The Morgan fingerprint density at radius 1 is 1.33 bits per heavy atom. The zero-order valence-electron chi connectivity index (χ0n) is 16.6. The van der Waals surface area contributed by atoms with E-state index in [-0.39, 0.29) is 18.6 Å². The third-order valence-corrected chi connectivity index (χ3v) is 5.96. The van der Waals surface area contributed by atoms with Crippen molar-refractivity contribution in [3.63, 3.8) is 0 Å². The number of carbonyl (C=O) groups is 1. The van der Waals surface area contributed by atoms with Crippen molar-refractivity contribution in [2.45, 2.75) is 32.1 Å².